The van der Waals surface area contributed by atoms with Crippen molar-refractivity contribution in [3.63, 3.8) is 0 Å². The molecule has 0 spiro atoms. The van der Waals surface area contributed by atoms with Crippen molar-refractivity contribution in [3.05, 3.63) is 58.6 Å². The third-order valence-electron chi connectivity index (χ3n) is 4.63. The molecule has 3 rings (SSSR count). The van der Waals surface area contributed by atoms with Crippen LogP contribution in [0.4, 0.5) is 0 Å². The van der Waals surface area contributed by atoms with Gasteiger partial charge in [-0.15, -0.1) is 0 Å². The number of hydrogen-bond acceptors (Lipinski definition) is 5. The molecule has 0 bridgehead atoms. The fraction of sp³-hybridized carbons (Fsp3) is 0.455. The van der Waals surface area contributed by atoms with Gasteiger partial charge in [-0.1, -0.05) is 29.8 Å². The monoisotopic (exact) mass is 404 g/mol. The van der Waals surface area contributed by atoms with Crippen LogP contribution in [0.3, 0.4) is 0 Å². The summed E-state index contributed by atoms with van der Waals surface area (Å²) in [6.07, 6.45) is 0. The molecule has 1 aliphatic rings. The molecule has 6 heteroatoms. The van der Waals surface area contributed by atoms with E-state index in [0.29, 0.717) is 18.2 Å². The lowest BCUT2D eigenvalue weighted by atomic mass is 10.2. The Hall–Kier alpha value is -1.79. The number of morpholine rings is 1. The zero-order chi connectivity index (χ0) is 19.6. The van der Waals surface area contributed by atoms with Gasteiger partial charge in [0.2, 0.25) is 0 Å². The molecule has 1 N–H and O–H groups in total. The van der Waals surface area contributed by atoms with Crippen LogP contribution in [0.2, 0.25) is 5.02 Å². The zero-order valence-electron chi connectivity index (χ0n) is 16.5. The minimum Gasteiger partial charge on any atom is -0.490 e. The summed E-state index contributed by atoms with van der Waals surface area (Å²) in [7, 11) is 0. The molecule has 1 heterocycles. The molecule has 2 aromatic rings. The lowest BCUT2D eigenvalue weighted by Gasteiger charge is -2.26. The molecule has 5 nitrogen and oxygen atoms in total. The molecule has 152 valence electrons. The third-order valence-corrected chi connectivity index (χ3v) is 4.86. The first kappa shape index (κ1) is 20.9. The lowest BCUT2D eigenvalue weighted by molar-refractivity contribution is 0.0384. The zero-order valence-corrected chi connectivity index (χ0v) is 17.2. The van der Waals surface area contributed by atoms with Crippen molar-refractivity contribution < 1.29 is 14.2 Å². The number of hydrogen-bond donors (Lipinski definition) is 1. The number of rotatable bonds is 10. The van der Waals surface area contributed by atoms with Crippen LogP contribution in [-0.2, 0) is 17.9 Å². The van der Waals surface area contributed by atoms with Gasteiger partial charge >= 0.3 is 0 Å². The van der Waals surface area contributed by atoms with Gasteiger partial charge in [0, 0.05) is 37.7 Å². The fourth-order valence-corrected chi connectivity index (χ4v) is 3.35. The Morgan fingerprint density at radius 1 is 1.04 bits per heavy atom. The van der Waals surface area contributed by atoms with E-state index in [9.17, 15) is 0 Å². The summed E-state index contributed by atoms with van der Waals surface area (Å²) in [6, 6.07) is 13.8. The predicted octanol–water partition coefficient (Wildman–Crippen LogP) is 3.74. The van der Waals surface area contributed by atoms with Gasteiger partial charge in [0.05, 0.1) is 19.8 Å². The van der Waals surface area contributed by atoms with Crippen LogP contribution < -0.4 is 14.8 Å². The van der Waals surface area contributed by atoms with E-state index in [1.807, 2.05) is 37.3 Å². The van der Waals surface area contributed by atoms with Crippen molar-refractivity contribution in [3.8, 4) is 11.5 Å². The van der Waals surface area contributed by atoms with Gasteiger partial charge in [-0.3, -0.25) is 4.90 Å². The highest BCUT2D eigenvalue weighted by atomic mass is 35.5. The third kappa shape index (κ3) is 6.67. The van der Waals surface area contributed by atoms with Crippen LogP contribution in [0.25, 0.3) is 0 Å². The summed E-state index contributed by atoms with van der Waals surface area (Å²) in [5.74, 6) is 1.52. The first-order valence-electron chi connectivity index (χ1n) is 9.88. The summed E-state index contributed by atoms with van der Waals surface area (Å²) < 4.78 is 17.1. The van der Waals surface area contributed by atoms with Crippen LogP contribution in [0.5, 0.6) is 11.5 Å². The fourth-order valence-electron chi connectivity index (χ4n) is 3.13. The van der Waals surface area contributed by atoms with Gasteiger partial charge in [0.25, 0.3) is 0 Å². The summed E-state index contributed by atoms with van der Waals surface area (Å²) in [4.78, 5) is 2.43. The predicted molar refractivity (Wildman–Crippen MR) is 112 cm³/mol. The second-order valence-electron chi connectivity index (χ2n) is 6.76. The molecule has 0 saturated carbocycles. The SMILES string of the molecule is CCOc1cc(CNCCN2CCOCC2)ccc1OCc1cccc(Cl)c1. The largest absolute Gasteiger partial charge is 0.490 e. The standard InChI is InChI=1S/C22H29ClN2O3/c1-2-27-22-15-18(16-24-8-9-25-10-12-26-13-11-25)6-7-21(22)28-17-19-4-3-5-20(23)14-19/h3-7,14-15,24H,2,8-13,16-17H2,1H3. The van der Waals surface area contributed by atoms with E-state index in [2.05, 4.69) is 22.3 Å². The van der Waals surface area contributed by atoms with Gasteiger partial charge < -0.3 is 19.5 Å². The van der Waals surface area contributed by atoms with Gasteiger partial charge in [0.15, 0.2) is 11.5 Å². The van der Waals surface area contributed by atoms with Crippen LogP contribution in [0, 0.1) is 0 Å². The molecule has 28 heavy (non-hydrogen) atoms. The quantitative estimate of drug-likeness (QED) is 0.611. The van der Waals surface area contributed by atoms with Gasteiger partial charge in [-0.2, -0.15) is 0 Å². The molecule has 2 aromatic carbocycles. The summed E-state index contributed by atoms with van der Waals surface area (Å²) in [6.45, 7) is 9.57. The van der Waals surface area contributed by atoms with Gasteiger partial charge in [0.1, 0.15) is 6.61 Å². The summed E-state index contributed by atoms with van der Waals surface area (Å²) in [5.41, 5.74) is 2.21. The van der Waals surface area contributed by atoms with Crippen molar-refractivity contribution in [1.29, 1.82) is 0 Å². The van der Waals surface area contributed by atoms with Crippen LogP contribution in [0.15, 0.2) is 42.5 Å². The minimum atomic E-state index is 0.456. The number of halogens is 1. The van der Waals surface area contributed by atoms with E-state index in [1.54, 1.807) is 0 Å². The van der Waals surface area contributed by atoms with Crippen molar-refractivity contribution in [2.24, 2.45) is 0 Å². The molecule has 0 radical (unpaired) electrons. The Labute approximate surface area is 172 Å². The Bertz CT molecular complexity index is 735. The van der Waals surface area contributed by atoms with E-state index in [-0.39, 0.29) is 0 Å². The first-order chi connectivity index (χ1) is 13.7. The Balaban J connectivity index is 1.51. The molecule has 0 unspecified atom stereocenters. The molecular formula is C22H29ClN2O3. The Kier molecular flexibility index (Phi) is 8.42. The number of ether oxygens (including phenoxy) is 3. The maximum absolute atomic E-state index is 6.04. The van der Waals surface area contributed by atoms with Crippen LogP contribution in [0.1, 0.15) is 18.1 Å². The van der Waals surface area contributed by atoms with Crippen LogP contribution in [-0.4, -0.2) is 50.9 Å². The highest BCUT2D eigenvalue weighted by molar-refractivity contribution is 6.30. The average molecular weight is 405 g/mol. The second-order valence-corrected chi connectivity index (χ2v) is 7.20. The maximum atomic E-state index is 6.04. The molecule has 0 amide bonds. The normalized spacial score (nSPS) is 14.8. The Morgan fingerprint density at radius 2 is 1.89 bits per heavy atom. The van der Waals surface area contributed by atoms with Crippen molar-refractivity contribution in [2.45, 2.75) is 20.1 Å². The maximum Gasteiger partial charge on any atom is 0.161 e. The Morgan fingerprint density at radius 3 is 2.68 bits per heavy atom. The van der Waals surface area contributed by atoms with E-state index >= 15 is 0 Å². The van der Waals surface area contributed by atoms with Crippen molar-refractivity contribution in [1.82, 2.24) is 10.2 Å². The van der Waals surface area contributed by atoms with Crippen molar-refractivity contribution >= 4 is 11.6 Å². The van der Waals surface area contributed by atoms with Gasteiger partial charge in [-0.25, -0.2) is 0 Å². The van der Waals surface area contributed by atoms with E-state index in [0.717, 1.165) is 63.0 Å². The van der Waals surface area contributed by atoms with E-state index < -0.39 is 0 Å². The van der Waals surface area contributed by atoms with Crippen LogP contribution >= 0.6 is 11.6 Å². The molecule has 0 aromatic heterocycles. The molecule has 0 atom stereocenters. The number of nitrogens with one attached hydrogen (secondary N) is 1. The highest BCUT2D eigenvalue weighted by Crippen LogP contribution is 2.29. The number of nitrogens with zero attached hydrogens (tertiary/aromatic N) is 1. The number of benzene rings is 2. The summed E-state index contributed by atoms with van der Waals surface area (Å²) in [5, 5.41) is 4.22. The molecule has 0 aliphatic carbocycles. The minimum absolute atomic E-state index is 0.456. The lowest BCUT2D eigenvalue weighted by Crippen LogP contribution is -2.40. The topological polar surface area (TPSA) is 43.0 Å². The molecule has 1 fully saturated rings. The molecule has 1 saturated heterocycles. The smallest absolute Gasteiger partial charge is 0.161 e. The van der Waals surface area contributed by atoms with Crippen molar-refractivity contribution in [2.75, 3.05) is 46.0 Å². The van der Waals surface area contributed by atoms with E-state index in [4.69, 9.17) is 25.8 Å². The summed E-state index contributed by atoms with van der Waals surface area (Å²) >= 11 is 6.04. The first-order valence-corrected chi connectivity index (χ1v) is 10.3. The highest BCUT2D eigenvalue weighted by Gasteiger charge is 2.10. The molecule has 1 aliphatic heterocycles. The average Bonchev–Trinajstić information content (AvgIpc) is 2.72. The molecular weight excluding hydrogens is 376 g/mol. The second kappa shape index (κ2) is 11.3. The van der Waals surface area contributed by atoms with Gasteiger partial charge in [-0.05, 0) is 42.3 Å². The van der Waals surface area contributed by atoms with E-state index in [1.165, 1.54) is 5.56 Å².